The van der Waals surface area contributed by atoms with Gasteiger partial charge in [-0.1, -0.05) is 11.8 Å². The standard InChI is InChI=1S/C11H6ClF3O/c12-5-1-2-8-6-10(11(13,14)15)4-3-9(8)7-16/h3-4,6-7H,5H2. The molecule has 0 saturated heterocycles. The summed E-state index contributed by atoms with van der Waals surface area (Å²) >= 11 is 5.29. The lowest BCUT2D eigenvalue weighted by Gasteiger charge is -2.07. The predicted octanol–water partition coefficient (Wildman–Crippen LogP) is 3.11. The average Bonchev–Trinajstić information content (AvgIpc) is 2.24. The number of carbonyl (C=O) groups excluding carboxylic acids is 1. The molecule has 84 valence electrons. The summed E-state index contributed by atoms with van der Waals surface area (Å²) in [5.74, 6) is 4.81. The minimum atomic E-state index is -4.45. The lowest BCUT2D eigenvalue weighted by Crippen LogP contribution is -2.05. The summed E-state index contributed by atoms with van der Waals surface area (Å²) in [7, 11) is 0. The van der Waals surface area contributed by atoms with Gasteiger partial charge in [0.1, 0.15) is 0 Å². The average molecular weight is 247 g/mol. The van der Waals surface area contributed by atoms with E-state index in [4.69, 9.17) is 11.6 Å². The first-order valence-corrected chi connectivity index (χ1v) is 4.73. The molecule has 16 heavy (non-hydrogen) atoms. The lowest BCUT2D eigenvalue weighted by atomic mass is 10.0. The highest BCUT2D eigenvalue weighted by Gasteiger charge is 2.30. The van der Waals surface area contributed by atoms with E-state index in [1.165, 1.54) is 0 Å². The summed E-state index contributed by atoms with van der Waals surface area (Å²) in [6.45, 7) is 0. The van der Waals surface area contributed by atoms with Crippen molar-refractivity contribution in [3.05, 3.63) is 34.9 Å². The van der Waals surface area contributed by atoms with E-state index in [1.807, 2.05) is 0 Å². The van der Waals surface area contributed by atoms with Crippen molar-refractivity contribution in [2.45, 2.75) is 6.18 Å². The van der Waals surface area contributed by atoms with Crippen molar-refractivity contribution in [1.82, 2.24) is 0 Å². The van der Waals surface area contributed by atoms with Gasteiger partial charge in [0.25, 0.3) is 0 Å². The van der Waals surface area contributed by atoms with Crippen LogP contribution in [0.3, 0.4) is 0 Å². The molecule has 0 aromatic heterocycles. The van der Waals surface area contributed by atoms with Crippen LogP contribution in [0.4, 0.5) is 13.2 Å². The van der Waals surface area contributed by atoms with Crippen molar-refractivity contribution >= 4 is 17.9 Å². The van der Waals surface area contributed by atoms with E-state index in [2.05, 4.69) is 11.8 Å². The van der Waals surface area contributed by atoms with Crippen molar-refractivity contribution in [2.75, 3.05) is 5.88 Å². The van der Waals surface area contributed by atoms with Crippen molar-refractivity contribution in [1.29, 1.82) is 0 Å². The fourth-order valence-corrected chi connectivity index (χ4v) is 1.14. The Morgan fingerprint density at radius 1 is 1.38 bits per heavy atom. The lowest BCUT2D eigenvalue weighted by molar-refractivity contribution is -0.137. The normalized spacial score (nSPS) is 10.5. The molecule has 1 nitrogen and oxygen atoms in total. The Labute approximate surface area is 95.2 Å². The fourth-order valence-electron chi connectivity index (χ4n) is 1.07. The van der Waals surface area contributed by atoms with Crippen LogP contribution >= 0.6 is 11.6 Å². The number of rotatable bonds is 1. The molecule has 1 aromatic rings. The highest BCUT2D eigenvalue weighted by atomic mass is 35.5. The zero-order valence-corrected chi connectivity index (χ0v) is 8.69. The fraction of sp³-hybridized carbons (Fsp3) is 0.182. The number of aldehydes is 1. The Hall–Kier alpha value is -1.47. The highest BCUT2D eigenvalue weighted by molar-refractivity contribution is 6.19. The molecule has 0 aliphatic heterocycles. The molecule has 0 unspecified atom stereocenters. The number of hydrogen-bond acceptors (Lipinski definition) is 1. The summed E-state index contributed by atoms with van der Waals surface area (Å²) in [6.07, 6.45) is -3.99. The van der Waals surface area contributed by atoms with Gasteiger partial charge in [-0.2, -0.15) is 13.2 Å². The topological polar surface area (TPSA) is 17.1 Å². The summed E-state index contributed by atoms with van der Waals surface area (Å²) in [5, 5.41) is 0. The SMILES string of the molecule is O=Cc1ccc(C(F)(F)F)cc1C#CCCl. The van der Waals surface area contributed by atoms with Crippen molar-refractivity contribution in [3.63, 3.8) is 0 Å². The summed E-state index contributed by atoms with van der Waals surface area (Å²) in [4.78, 5) is 10.6. The predicted molar refractivity (Wildman–Crippen MR) is 54.4 cm³/mol. The summed E-state index contributed by atoms with van der Waals surface area (Å²) in [5.41, 5.74) is -0.687. The van der Waals surface area contributed by atoms with E-state index in [9.17, 15) is 18.0 Å². The van der Waals surface area contributed by atoms with Crippen molar-refractivity contribution < 1.29 is 18.0 Å². The third-order valence-corrected chi connectivity index (χ3v) is 1.93. The molecule has 0 N–H and O–H groups in total. The van der Waals surface area contributed by atoms with Gasteiger partial charge >= 0.3 is 6.18 Å². The monoisotopic (exact) mass is 246 g/mol. The molecule has 0 heterocycles. The van der Waals surface area contributed by atoms with Crippen LogP contribution in [0, 0.1) is 11.8 Å². The zero-order chi connectivity index (χ0) is 12.2. The Morgan fingerprint density at radius 3 is 2.56 bits per heavy atom. The van der Waals surface area contributed by atoms with Gasteiger partial charge in [0.15, 0.2) is 6.29 Å². The molecule has 0 amide bonds. The van der Waals surface area contributed by atoms with Gasteiger partial charge in [0.05, 0.1) is 11.4 Å². The molecular formula is C11H6ClF3O. The highest BCUT2D eigenvalue weighted by Crippen LogP contribution is 2.30. The Bertz CT molecular complexity index is 455. The first-order chi connectivity index (χ1) is 7.49. The molecule has 0 radical (unpaired) electrons. The first kappa shape index (κ1) is 12.6. The Kier molecular flexibility index (Phi) is 3.97. The summed E-state index contributed by atoms with van der Waals surface area (Å²) in [6, 6.07) is 2.77. The molecular weight excluding hydrogens is 241 g/mol. The van der Waals surface area contributed by atoms with Crippen LogP contribution in [0.5, 0.6) is 0 Å². The minimum absolute atomic E-state index is 0.00541. The van der Waals surface area contributed by atoms with Crippen molar-refractivity contribution in [3.8, 4) is 11.8 Å². The molecule has 1 rings (SSSR count). The van der Waals surface area contributed by atoms with Crippen LogP contribution in [0.25, 0.3) is 0 Å². The summed E-state index contributed by atoms with van der Waals surface area (Å²) < 4.78 is 37.1. The number of alkyl halides is 4. The molecule has 0 fully saturated rings. The van der Waals surface area contributed by atoms with Crippen molar-refractivity contribution in [2.24, 2.45) is 0 Å². The van der Waals surface area contributed by atoms with Gasteiger partial charge in [-0.15, -0.1) is 11.6 Å². The molecule has 0 bridgehead atoms. The first-order valence-electron chi connectivity index (χ1n) is 4.20. The van der Waals surface area contributed by atoms with Crippen LogP contribution in [0.2, 0.25) is 0 Å². The van der Waals surface area contributed by atoms with E-state index in [0.717, 1.165) is 18.2 Å². The smallest absolute Gasteiger partial charge is 0.298 e. The third-order valence-electron chi connectivity index (χ3n) is 1.80. The Morgan fingerprint density at radius 2 is 2.06 bits per heavy atom. The molecule has 0 atom stereocenters. The van der Waals surface area contributed by atoms with E-state index in [1.54, 1.807) is 0 Å². The molecule has 0 saturated carbocycles. The van der Waals surface area contributed by atoms with Crippen LogP contribution in [0.15, 0.2) is 18.2 Å². The van der Waals surface area contributed by atoms with E-state index in [-0.39, 0.29) is 17.0 Å². The second-order valence-corrected chi connectivity index (χ2v) is 3.12. The number of benzene rings is 1. The van der Waals surface area contributed by atoms with Gasteiger partial charge in [-0.3, -0.25) is 4.79 Å². The third kappa shape index (κ3) is 3.01. The van der Waals surface area contributed by atoms with Gasteiger partial charge in [-0.05, 0) is 18.2 Å². The quantitative estimate of drug-likeness (QED) is 0.423. The number of hydrogen-bond donors (Lipinski definition) is 0. The van der Waals surface area contributed by atoms with E-state index < -0.39 is 11.7 Å². The van der Waals surface area contributed by atoms with Crippen LogP contribution in [-0.4, -0.2) is 12.2 Å². The molecule has 0 aliphatic rings. The largest absolute Gasteiger partial charge is 0.416 e. The van der Waals surface area contributed by atoms with E-state index in [0.29, 0.717) is 6.29 Å². The van der Waals surface area contributed by atoms with Gasteiger partial charge < -0.3 is 0 Å². The van der Waals surface area contributed by atoms with Gasteiger partial charge in [0, 0.05) is 11.1 Å². The molecule has 1 aromatic carbocycles. The maximum absolute atomic E-state index is 12.4. The van der Waals surface area contributed by atoms with Gasteiger partial charge in [-0.25, -0.2) is 0 Å². The zero-order valence-electron chi connectivity index (χ0n) is 7.94. The van der Waals surface area contributed by atoms with Crippen LogP contribution in [0.1, 0.15) is 21.5 Å². The second-order valence-electron chi connectivity index (χ2n) is 2.85. The molecule has 5 heteroatoms. The maximum Gasteiger partial charge on any atom is 0.416 e. The van der Waals surface area contributed by atoms with Gasteiger partial charge in [0.2, 0.25) is 0 Å². The molecule has 0 aliphatic carbocycles. The molecule has 0 spiro atoms. The van der Waals surface area contributed by atoms with E-state index >= 15 is 0 Å². The second kappa shape index (κ2) is 5.04. The number of halogens is 4. The van der Waals surface area contributed by atoms with Crippen LogP contribution in [-0.2, 0) is 6.18 Å². The minimum Gasteiger partial charge on any atom is -0.298 e. The van der Waals surface area contributed by atoms with Crippen LogP contribution < -0.4 is 0 Å². The number of carbonyl (C=O) groups is 1. The maximum atomic E-state index is 12.4. The Balaban J connectivity index is 3.27.